The van der Waals surface area contributed by atoms with Gasteiger partial charge in [0, 0.05) is 11.6 Å². The predicted octanol–water partition coefficient (Wildman–Crippen LogP) is 2.71. The second-order valence-electron chi connectivity index (χ2n) is 4.66. The van der Waals surface area contributed by atoms with Crippen LogP contribution in [-0.2, 0) is 0 Å². The Morgan fingerprint density at radius 1 is 1.19 bits per heavy atom. The molecule has 1 atom stereocenters. The molecule has 0 radical (unpaired) electrons. The molecule has 0 aliphatic carbocycles. The van der Waals surface area contributed by atoms with E-state index in [1.54, 1.807) is 25.2 Å². The van der Waals surface area contributed by atoms with Crippen molar-refractivity contribution in [2.24, 2.45) is 0 Å². The highest BCUT2D eigenvalue weighted by Crippen LogP contribution is 2.26. The monoisotopic (exact) mass is 290 g/mol. The maximum Gasteiger partial charge on any atom is 0.417 e. The van der Waals surface area contributed by atoms with E-state index in [-0.39, 0.29) is 0 Å². The predicted molar refractivity (Wildman–Crippen MR) is 74.1 cm³/mol. The molecular formula is C15H12F2N2O2. The van der Waals surface area contributed by atoms with Gasteiger partial charge in [-0.3, -0.25) is 4.98 Å². The molecular weight excluding hydrogens is 278 g/mol. The summed E-state index contributed by atoms with van der Waals surface area (Å²) in [7, 11) is 1.67. The fourth-order valence-corrected chi connectivity index (χ4v) is 2.38. The van der Waals surface area contributed by atoms with Crippen molar-refractivity contribution < 1.29 is 13.2 Å². The lowest BCUT2D eigenvalue weighted by Crippen LogP contribution is -2.19. The summed E-state index contributed by atoms with van der Waals surface area (Å²) in [6.07, 6.45) is 0. The van der Waals surface area contributed by atoms with Gasteiger partial charge in [0.2, 0.25) is 0 Å². The third-order valence-corrected chi connectivity index (χ3v) is 3.34. The Morgan fingerprint density at radius 3 is 2.71 bits per heavy atom. The van der Waals surface area contributed by atoms with E-state index in [0.717, 1.165) is 6.07 Å². The third-order valence-electron chi connectivity index (χ3n) is 3.34. The molecule has 2 N–H and O–H groups in total. The number of aromatic amines is 1. The van der Waals surface area contributed by atoms with Crippen molar-refractivity contribution in [3.8, 4) is 0 Å². The minimum atomic E-state index is -0.634. The number of hydrogen-bond donors (Lipinski definition) is 2. The molecule has 3 rings (SSSR count). The Hall–Kier alpha value is -2.47. The van der Waals surface area contributed by atoms with Gasteiger partial charge < -0.3 is 9.73 Å². The topological polar surface area (TPSA) is 58.0 Å². The average Bonchev–Trinajstić information content (AvgIpc) is 2.81. The second-order valence-corrected chi connectivity index (χ2v) is 4.66. The molecule has 1 aromatic heterocycles. The van der Waals surface area contributed by atoms with Crippen LogP contribution in [-0.4, -0.2) is 12.0 Å². The second kappa shape index (κ2) is 5.14. The molecule has 0 spiro atoms. The number of H-pyrrole nitrogens is 1. The summed E-state index contributed by atoms with van der Waals surface area (Å²) >= 11 is 0. The summed E-state index contributed by atoms with van der Waals surface area (Å²) in [5.74, 6) is -1.81. The number of rotatable bonds is 3. The van der Waals surface area contributed by atoms with E-state index < -0.39 is 23.4 Å². The lowest BCUT2D eigenvalue weighted by molar-refractivity contribution is 0.547. The number of halogens is 2. The van der Waals surface area contributed by atoms with Crippen molar-refractivity contribution in [1.29, 1.82) is 0 Å². The highest BCUT2D eigenvalue weighted by molar-refractivity contribution is 5.73. The Labute approximate surface area is 118 Å². The van der Waals surface area contributed by atoms with Crippen LogP contribution in [0, 0.1) is 11.6 Å². The zero-order valence-electron chi connectivity index (χ0n) is 11.1. The number of nitrogens with one attached hydrogen (secondary N) is 2. The molecule has 6 heteroatoms. The largest absolute Gasteiger partial charge is 0.417 e. The SMILES string of the molecule is CNC(c1ccc2[nH]c(=O)oc2c1)c1ccc(F)cc1F. The zero-order chi connectivity index (χ0) is 15.0. The van der Waals surface area contributed by atoms with Gasteiger partial charge in [-0.15, -0.1) is 0 Å². The van der Waals surface area contributed by atoms with Gasteiger partial charge in [-0.05, 0) is 30.8 Å². The molecule has 108 valence electrons. The van der Waals surface area contributed by atoms with Crippen molar-refractivity contribution in [2.45, 2.75) is 6.04 Å². The first-order chi connectivity index (χ1) is 10.1. The van der Waals surface area contributed by atoms with Gasteiger partial charge >= 0.3 is 5.76 Å². The third kappa shape index (κ3) is 2.45. The smallest absolute Gasteiger partial charge is 0.408 e. The summed E-state index contributed by atoms with van der Waals surface area (Å²) < 4.78 is 31.9. The molecule has 21 heavy (non-hydrogen) atoms. The normalized spacial score (nSPS) is 12.7. The van der Waals surface area contributed by atoms with Gasteiger partial charge in [-0.1, -0.05) is 12.1 Å². The van der Waals surface area contributed by atoms with Crippen LogP contribution in [0.3, 0.4) is 0 Å². The lowest BCUT2D eigenvalue weighted by atomic mass is 9.98. The van der Waals surface area contributed by atoms with Crippen LogP contribution in [0.1, 0.15) is 17.2 Å². The number of hydrogen-bond acceptors (Lipinski definition) is 3. The summed E-state index contributed by atoms with van der Waals surface area (Å²) in [6, 6.07) is 8.04. The number of fused-ring (bicyclic) bond motifs is 1. The van der Waals surface area contributed by atoms with Crippen LogP contribution in [0.25, 0.3) is 11.1 Å². The van der Waals surface area contributed by atoms with Gasteiger partial charge in [0.15, 0.2) is 5.58 Å². The fraction of sp³-hybridized carbons (Fsp3) is 0.133. The lowest BCUT2D eigenvalue weighted by Gasteiger charge is -2.17. The quantitative estimate of drug-likeness (QED) is 0.779. The molecule has 3 aromatic rings. The molecule has 0 fully saturated rings. The fourth-order valence-electron chi connectivity index (χ4n) is 2.38. The first-order valence-electron chi connectivity index (χ1n) is 6.33. The summed E-state index contributed by atoms with van der Waals surface area (Å²) in [5, 5.41) is 2.97. The van der Waals surface area contributed by atoms with Crippen molar-refractivity contribution in [3.05, 3.63) is 69.7 Å². The minimum absolute atomic E-state index is 0.316. The molecule has 0 saturated carbocycles. The van der Waals surface area contributed by atoms with Gasteiger partial charge in [-0.2, -0.15) is 0 Å². The van der Waals surface area contributed by atoms with E-state index in [0.29, 0.717) is 22.2 Å². The first-order valence-corrected chi connectivity index (χ1v) is 6.33. The Balaban J connectivity index is 2.10. The van der Waals surface area contributed by atoms with E-state index in [1.165, 1.54) is 12.1 Å². The number of benzene rings is 2. The van der Waals surface area contributed by atoms with Crippen LogP contribution < -0.4 is 11.1 Å². The van der Waals surface area contributed by atoms with Crippen LogP contribution in [0.2, 0.25) is 0 Å². The molecule has 1 unspecified atom stereocenters. The Bertz CT molecular complexity index is 854. The van der Waals surface area contributed by atoms with E-state index in [2.05, 4.69) is 10.3 Å². The Kier molecular flexibility index (Phi) is 3.31. The van der Waals surface area contributed by atoms with E-state index in [4.69, 9.17) is 4.42 Å². The van der Waals surface area contributed by atoms with Crippen molar-refractivity contribution in [1.82, 2.24) is 10.3 Å². The van der Waals surface area contributed by atoms with Gasteiger partial charge in [0.25, 0.3) is 0 Å². The number of aromatic nitrogens is 1. The molecule has 0 amide bonds. The van der Waals surface area contributed by atoms with Gasteiger partial charge in [-0.25, -0.2) is 13.6 Å². The van der Waals surface area contributed by atoms with Gasteiger partial charge in [0.1, 0.15) is 11.6 Å². The average molecular weight is 290 g/mol. The van der Waals surface area contributed by atoms with Crippen LogP contribution in [0.15, 0.2) is 45.6 Å². The molecule has 0 aliphatic heterocycles. The van der Waals surface area contributed by atoms with Crippen LogP contribution in [0.5, 0.6) is 0 Å². The standard InChI is InChI=1S/C15H12F2N2O2/c1-18-14(10-4-3-9(16)7-11(10)17)8-2-5-12-13(6-8)21-15(20)19-12/h2-7,14,18H,1H3,(H,19,20). The maximum atomic E-state index is 13.9. The zero-order valence-corrected chi connectivity index (χ0v) is 11.1. The maximum absolute atomic E-state index is 13.9. The highest BCUT2D eigenvalue weighted by atomic mass is 19.1. The van der Waals surface area contributed by atoms with Crippen LogP contribution in [0.4, 0.5) is 8.78 Å². The Morgan fingerprint density at radius 2 is 2.00 bits per heavy atom. The molecule has 4 nitrogen and oxygen atoms in total. The van der Waals surface area contributed by atoms with E-state index in [9.17, 15) is 13.6 Å². The van der Waals surface area contributed by atoms with E-state index in [1.807, 2.05) is 0 Å². The van der Waals surface area contributed by atoms with Crippen molar-refractivity contribution in [2.75, 3.05) is 7.05 Å². The van der Waals surface area contributed by atoms with Crippen molar-refractivity contribution >= 4 is 11.1 Å². The molecule has 0 bridgehead atoms. The molecule has 1 heterocycles. The summed E-state index contributed by atoms with van der Waals surface area (Å²) in [4.78, 5) is 13.7. The highest BCUT2D eigenvalue weighted by Gasteiger charge is 2.17. The van der Waals surface area contributed by atoms with Crippen LogP contribution >= 0.6 is 0 Å². The van der Waals surface area contributed by atoms with Crippen molar-refractivity contribution in [3.63, 3.8) is 0 Å². The molecule has 2 aromatic carbocycles. The summed E-state index contributed by atoms with van der Waals surface area (Å²) in [5.41, 5.74) is 1.98. The first kappa shape index (κ1) is 13.5. The van der Waals surface area contributed by atoms with E-state index >= 15 is 0 Å². The summed E-state index contributed by atoms with van der Waals surface area (Å²) in [6.45, 7) is 0. The van der Waals surface area contributed by atoms with Gasteiger partial charge in [0.05, 0.1) is 11.6 Å². The minimum Gasteiger partial charge on any atom is -0.408 e. The number of oxazole rings is 1. The molecule has 0 aliphatic rings. The molecule has 0 saturated heterocycles.